The van der Waals surface area contributed by atoms with Gasteiger partial charge in [-0.3, -0.25) is 4.79 Å². The summed E-state index contributed by atoms with van der Waals surface area (Å²) in [6.07, 6.45) is 3.98. The number of rotatable bonds is 5. The number of nitrogens with zero attached hydrogens (tertiary/aromatic N) is 1. The van der Waals surface area contributed by atoms with E-state index in [2.05, 4.69) is 0 Å². The van der Waals surface area contributed by atoms with Gasteiger partial charge in [-0.25, -0.2) is 4.79 Å². The van der Waals surface area contributed by atoms with Crippen LogP contribution in [0, 0.1) is 0 Å². The highest BCUT2D eigenvalue weighted by molar-refractivity contribution is 6.07. The number of nitrogens with two attached hydrogens (primary N) is 1. The molecule has 0 radical (unpaired) electrons. The Bertz CT molecular complexity index is 699. The van der Waals surface area contributed by atoms with E-state index >= 15 is 0 Å². The predicted molar refractivity (Wildman–Crippen MR) is 77.1 cm³/mol. The number of carboxylic acid groups (broad SMARTS) is 1. The maximum Gasteiger partial charge on any atom is 0.371 e. The Kier molecular flexibility index (Phi) is 4.08. The van der Waals surface area contributed by atoms with Gasteiger partial charge in [-0.05, 0) is 23.8 Å². The van der Waals surface area contributed by atoms with Gasteiger partial charge in [0.2, 0.25) is 5.76 Å². The summed E-state index contributed by atoms with van der Waals surface area (Å²) in [6.45, 7) is 0.558. The molecule has 2 rings (SSSR count). The fourth-order valence-electron chi connectivity index (χ4n) is 1.79. The second-order valence-electron chi connectivity index (χ2n) is 4.51. The molecule has 0 amide bonds. The number of hydrogen-bond donors (Lipinski definition) is 3. The van der Waals surface area contributed by atoms with Crippen molar-refractivity contribution in [3.05, 3.63) is 65.7 Å². The van der Waals surface area contributed by atoms with Crippen molar-refractivity contribution in [2.24, 2.45) is 0 Å². The lowest BCUT2D eigenvalue weighted by molar-refractivity contribution is -0.135. The lowest BCUT2D eigenvalue weighted by Gasteiger charge is -2.03. The molecule has 0 aliphatic heterocycles. The first-order valence-electron chi connectivity index (χ1n) is 6.14. The van der Waals surface area contributed by atoms with Crippen molar-refractivity contribution in [2.45, 2.75) is 6.54 Å². The zero-order valence-corrected chi connectivity index (χ0v) is 11.1. The number of ketones is 1. The minimum absolute atomic E-state index is 0.304. The summed E-state index contributed by atoms with van der Waals surface area (Å²) in [5.41, 5.74) is 7.60. The molecule has 1 heterocycles. The normalized spacial score (nSPS) is 11.3. The number of hydrogen-bond acceptors (Lipinski definition) is 4. The van der Waals surface area contributed by atoms with Crippen LogP contribution in [-0.4, -0.2) is 26.5 Å². The lowest BCUT2D eigenvalue weighted by Crippen LogP contribution is -2.03. The van der Waals surface area contributed by atoms with Gasteiger partial charge in [0.1, 0.15) is 0 Å². The Morgan fingerprint density at radius 3 is 2.43 bits per heavy atom. The van der Waals surface area contributed by atoms with Crippen molar-refractivity contribution in [3.63, 3.8) is 0 Å². The van der Waals surface area contributed by atoms with E-state index in [4.69, 9.17) is 15.9 Å². The van der Waals surface area contributed by atoms with Gasteiger partial charge in [0.15, 0.2) is 5.78 Å². The summed E-state index contributed by atoms with van der Waals surface area (Å²) < 4.78 is 1.78. The molecule has 0 unspecified atom stereocenters. The minimum Gasteiger partial charge on any atom is -0.502 e. The predicted octanol–water partition coefficient (Wildman–Crippen LogP) is 1.83. The molecule has 1 aromatic carbocycles. The molecule has 108 valence electrons. The van der Waals surface area contributed by atoms with Gasteiger partial charge in [-0.2, -0.15) is 0 Å². The SMILES string of the molecule is Nc1ccc(Cn2ccc(C(=O)/C=C(\O)C(=O)O)c2)cc1. The molecule has 0 saturated carbocycles. The van der Waals surface area contributed by atoms with Crippen LogP contribution < -0.4 is 5.73 Å². The summed E-state index contributed by atoms with van der Waals surface area (Å²) in [5.74, 6) is -3.08. The van der Waals surface area contributed by atoms with Crippen molar-refractivity contribution in [1.82, 2.24) is 4.57 Å². The van der Waals surface area contributed by atoms with Gasteiger partial charge in [-0.15, -0.1) is 0 Å². The molecule has 21 heavy (non-hydrogen) atoms. The quantitative estimate of drug-likeness (QED) is 0.336. The number of anilines is 1. The molecule has 2 aromatic rings. The minimum atomic E-state index is -1.54. The van der Waals surface area contributed by atoms with Crippen LogP contribution in [0.2, 0.25) is 0 Å². The van der Waals surface area contributed by atoms with Gasteiger partial charge >= 0.3 is 5.97 Å². The van der Waals surface area contributed by atoms with Gasteiger partial charge in [-0.1, -0.05) is 12.1 Å². The topological polar surface area (TPSA) is 106 Å². The summed E-state index contributed by atoms with van der Waals surface area (Å²) in [7, 11) is 0. The van der Waals surface area contributed by atoms with E-state index in [9.17, 15) is 9.59 Å². The number of aliphatic hydroxyl groups is 1. The molecular weight excluding hydrogens is 272 g/mol. The summed E-state index contributed by atoms with van der Waals surface area (Å²) in [6, 6.07) is 8.91. The largest absolute Gasteiger partial charge is 0.502 e. The second kappa shape index (κ2) is 5.96. The third-order valence-electron chi connectivity index (χ3n) is 2.87. The Morgan fingerprint density at radius 1 is 1.14 bits per heavy atom. The average molecular weight is 286 g/mol. The molecular formula is C15H14N2O4. The van der Waals surface area contributed by atoms with Crippen LogP contribution in [-0.2, 0) is 11.3 Å². The number of aromatic nitrogens is 1. The number of carbonyl (C=O) groups is 2. The van der Waals surface area contributed by atoms with Gasteiger partial charge in [0.25, 0.3) is 0 Å². The van der Waals surface area contributed by atoms with Crippen LogP contribution in [0.15, 0.2) is 54.6 Å². The fourth-order valence-corrected chi connectivity index (χ4v) is 1.79. The molecule has 6 heteroatoms. The van der Waals surface area contributed by atoms with Crippen LogP contribution in [0.1, 0.15) is 15.9 Å². The maximum absolute atomic E-state index is 11.7. The number of carbonyl (C=O) groups excluding carboxylic acids is 1. The third kappa shape index (κ3) is 3.73. The Hall–Kier alpha value is -3.02. The number of carboxylic acids is 1. The van der Waals surface area contributed by atoms with E-state index in [0.717, 1.165) is 5.56 Å². The first kappa shape index (κ1) is 14.4. The molecule has 6 nitrogen and oxygen atoms in total. The van der Waals surface area contributed by atoms with Crippen molar-refractivity contribution < 1.29 is 19.8 Å². The smallest absolute Gasteiger partial charge is 0.371 e. The average Bonchev–Trinajstić information content (AvgIpc) is 2.90. The Labute approximate surface area is 120 Å². The van der Waals surface area contributed by atoms with Crippen LogP contribution in [0.3, 0.4) is 0 Å². The van der Waals surface area contributed by atoms with Crippen molar-refractivity contribution in [2.75, 3.05) is 5.73 Å². The molecule has 0 aliphatic carbocycles. The van der Waals surface area contributed by atoms with E-state index in [1.807, 2.05) is 12.1 Å². The summed E-state index contributed by atoms with van der Waals surface area (Å²) >= 11 is 0. The highest BCUT2D eigenvalue weighted by atomic mass is 16.4. The number of allylic oxidation sites excluding steroid dienone is 1. The first-order chi connectivity index (χ1) is 9.95. The van der Waals surface area contributed by atoms with E-state index in [-0.39, 0.29) is 0 Å². The fraction of sp³-hybridized carbons (Fsp3) is 0.0667. The van der Waals surface area contributed by atoms with Crippen LogP contribution in [0.4, 0.5) is 5.69 Å². The standard InChI is InChI=1S/C15H14N2O4/c16-12-3-1-10(2-4-12)8-17-6-5-11(9-17)13(18)7-14(19)15(20)21/h1-7,9,19H,8,16H2,(H,20,21)/b14-7-. The van der Waals surface area contributed by atoms with E-state index in [1.54, 1.807) is 35.2 Å². The Balaban J connectivity index is 2.11. The zero-order valence-electron chi connectivity index (χ0n) is 11.1. The van der Waals surface area contributed by atoms with Gasteiger partial charge in [0, 0.05) is 36.3 Å². The number of aliphatic carboxylic acids is 1. The number of aliphatic hydroxyl groups excluding tert-OH is 1. The summed E-state index contributed by atoms with van der Waals surface area (Å²) in [4.78, 5) is 22.2. The zero-order chi connectivity index (χ0) is 15.4. The molecule has 0 bridgehead atoms. The van der Waals surface area contributed by atoms with E-state index in [0.29, 0.717) is 23.9 Å². The van der Waals surface area contributed by atoms with Crippen molar-refractivity contribution in [1.29, 1.82) is 0 Å². The molecule has 0 saturated heterocycles. The van der Waals surface area contributed by atoms with E-state index in [1.165, 1.54) is 0 Å². The third-order valence-corrected chi connectivity index (χ3v) is 2.87. The molecule has 0 atom stereocenters. The van der Waals surface area contributed by atoms with Crippen molar-refractivity contribution in [3.8, 4) is 0 Å². The molecule has 1 aromatic heterocycles. The summed E-state index contributed by atoms with van der Waals surface area (Å²) in [5, 5.41) is 17.6. The lowest BCUT2D eigenvalue weighted by atomic mass is 10.2. The molecule has 0 fully saturated rings. The van der Waals surface area contributed by atoms with Gasteiger partial charge in [0.05, 0.1) is 0 Å². The molecule has 0 spiro atoms. The second-order valence-corrected chi connectivity index (χ2v) is 4.51. The highest BCUT2D eigenvalue weighted by Gasteiger charge is 2.10. The number of benzene rings is 1. The van der Waals surface area contributed by atoms with Crippen molar-refractivity contribution >= 4 is 17.4 Å². The van der Waals surface area contributed by atoms with Crippen LogP contribution in [0.5, 0.6) is 0 Å². The first-order valence-corrected chi connectivity index (χ1v) is 6.14. The number of nitrogen functional groups attached to an aromatic ring is 1. The maximum atomic E-state index is 11.7. The highest BCUT2D eigenvalue weighted by Crippen LogP contribution is 2.10. The van der Waals surface area contributed by atoms with Crippen LogP contribution in [0.25, 0.3) is 0 Å². The molecule has 4 N–H and O–H groups in total. The Morgan fingerprint density at radius 2 is 1.81 bits per heavy atom. The molecule has 0 aliphatic rings. The monoisotopic (exact) mass is 286 g/mol. The van der Waals surface area contributed by atoms with Gasteiger partial charge < -0.3 is 20.5 Å². The van der Waals surface area contributed by atoms with E-state index < -0.39 is 17.5 Å². The van der Waals surface area contributed by atoms with Crippen LogP contribution >= 0.6 is 0 Å².